The molecule has 0 aromatic heterocycles. The van der Waals surface area contributed by atoms with Crippen LogP contribution in [0.15, 0.2) is 67.8 Å². The van der Waals surface area contributed by atoms with Gasteiger partial charge in [-0.15, -0.1) is 12.1 Å². The van der Waals surface area contributed by atoms with Gasteiger partial charge in [-0.1, -0.05) is 45.8 Å². The first-order valence-corrected chi connectivity index (χ1v) is 17.0. The molecule has 0 fully saturated rings. The van der Waals surface area contributed by atoms with E-state index in [9.17, 15) is 48.3 Å². The summed E-state index contributed by atoms with van der Waals surface area (Å²) in [6, 6.07) is 4.58. The van der Waals surface area contributed by atoms with E-state index in [0.29, 0.717) is 36.8 Å². The zero-order valence-electron chi connectivity index (χ0n) is 30.1. The fraction of sp³-hybridized carbons (Fsp3) is 0.282. The Morgan fingerprint density at radius 2 is 1.02 bits per heavy atom. The number of quaternary nitrogens is 1. The Bertz CT molecular complexity index is 1850. The van der Waals surface area contributed by atoms with Gasteiger partial charge in [0.15, 0.2) is 52.4 Å². The van der Waals surface area contributed by atoms with Crippen LogP contribution in [0, 0.1) is 75.9 Å². The highest BCUT2D eigenvalue weighted by atomic mass is 19.2. The molecular weight excluding hydrogens is 769 g/mol. The van der Waals surface area contributed by atoms with Gasteiger partial charge < -0.3 is 18.4 Å². The van der Waals surface area contributed by atoms with Gasteiger partial charge in [0.1, 0.15) is 23.3 Å². The topological polar surface area (TPSA) is 27.7 Å². The standard InChI is InChI=1S/C33H34BF9NO3.C6H2F3/c1-5-8-9-10-11-12-27(44(4,13-6-2)14-7-3)29-28(19-26(39)32(42)33(29)43)47-34(45-20-15-22(35)30(40)23(36)16-20)46-21-17-24(37)31(41)25(38)18-21;7-4-2-1-3-5(8)6(4)9/h6-7,15-19,27H,2-3,5,8-14H2,1,4H3;2-3H/q+1;-1. The highest BCUT2D eigenvalue weighted by Crippen LogP contribution is 2.41. The lowest BCUT2D eigenvalue weighted by Gasteiger charge is -2.41. The lowest BCUT2D eigenvalue weighted by atomic mass is 9.94. The Hall–Kier alpha value is -5.06. The number of halogens is 12. The number of nitrogens with zero attached hydrogens (tertiary/aromatic N) is 1. The Morgan fingerprint density at radius 1 is 0.589 bits per heavy atom. The van der Waals surface area contributed by atoms with Gasteiger partial charge >= 0.3 is 7.32 Å². The largest absolute Gasteiger partial charge is 0.864 e. The van der Waals surface area contributed by atoms with E-state index in [0.717, 1.165) is 37.8 Å². The van der Waals surface area contributed by atoms with E-state index in [2.05, 4.69) is 19.2 Å². The van der Waals surface area contributed by atoms with Gasteiger partial charge in [-0.05, 0) is 18.6 Å². The second-order valence-electron chi connectivity index (χ2n) is 12.5. The van der Waals surface area contributed by atoms with E-state index in [1.165, 1.54) is 0 Å². The molecule has 0 spiro atoms. The van der Waals surface area contributed by atoms with Crippen molar-refractivity contribution in [2.24, 2.45) is 0 Å². The highest BCUT2D eigenvalue weighted by molar-refractivity contribution is 6.39. The molecule has 0 N–H and O–H groups in total. The summed E-state index contributed by atoms with van der Waals surface area (Å²) < 4.78 is 181. The first kappa shape index (κ1) is 45.3. The Kier molecular flexibility index (Phi) is 16.8. The van der Waals surface area contributed by atoms with E-state index in [4.69, 9.17) is 14.0 Å². The van der Waals surface area contributed by atoms with Crippen molar-refractivity contribution in [1.29, 1.82) is 0 Å². The van der Waals surface area contributed by atoms with Crippen molar-refractivity contribution in [3.63, 3.8) is 0 Å². The molecule has 0 radical (unpaired) electrons. The normalized spacial score (nSPS) is 11.7. The summed E-state index contributed by atoms with van der Waals surface area (Å²) in [5.74, 6) is -21.8. The molecule has 4 nitrogen and oxygen atoms in total. The Balaban J connectivity index is 0.000000817. The average molecular weight is 806 g/mol. The van der Waals surface area contributed by atoms with Gasteiger partial charge in [0.25, 0.3) is 0 Å². The fourth-order valence-electron chi connectivity index (χ4n) is 5.65. The first-order valence-electron chi connectivity index (χ1n) is 17.0. The fourth-order valence-corrected chi connectivity index (χ4v) is 5.65. The number of benzene rings is 4. The predicted molar refractivity (Wildman–Crippen MR) is 184 cm³/mol. The lowest BCUT2D eigenvalue weighted by Crippen LogP contribution is -2.48. The molecule has 4 aromatic rings. The molecule has 0 aliphatic rings. The van der Waals surface area contributed by atoms with Crippen LogP contribution >= 0.6 is 0 Å². The molecule has 1 unspecified atom stereocenters. The quantitative estimate of drug-likeness (QED) is 0.0191. The molecule has 56 heavy (non-hydrogen) atoms. The number of unbranched alkanes of at least 4 members (excludes halogenated alkanes) is 4. The molecular formula is C39H36BF12NO3. The molecule has 17 heteroatoms. The van der Waals surface area contributed by atoms with Gasteiger partial charge in [0.2, 0.25) is 0 Å². The lowest BCUT2D eigenvalue weighted by molar-refractivity contribution is -0.929. The second kappa shape index (κ2) is 20.7. The van der Waals surface area contributed by atoms with E-state index in [1.54, 1.807) is 19.2 Å². The average Bonchev–Trinajstić information content (AvgIpc) is 3.13. The van der Waals surface area contributed by atoms with Gasteiger partial charge in [-0.2, -0.15) is 6.07 Å². The second-order valence-corrected chi connectivity index (χ2v) is 12.5. The van der Waals surface area contributed by atoms with Crippen molar-refractivity contribution in [2.75, 3.05) is 20.1 Å². The van der Waals surface area contributed by atoms with Crippen molar-refractivity contribution in [2.45, 2.75) is 51.5 Å². The summed E-state index contributed by atoms with van der Waals surface area (Å²) in [5.41, 5.74) is -0.476. The third-order valence-electron chi connectivity index (χ3n) is 8.36. The summed E-state index contributed by atoms with van der Waals surface area (Å²) in [5, 5.41) is 0. The van der Waals surface area contributed by atoms with Crippen molar-refractivity contribution >= 4 is 7.32 Å². The van der Waals surface area contributed by atoms with Crippen molar-refractivity contribution in [3.05, 3.63) is 149 Å². The molecule has 0 bridgehead atoms. The third kappa shape index (κ3) is 11.7. The Morgan fingerprint density at radius 3 is 1.45 bits per heavy atom. The van der Waals surface area contributed by atoms with Gasteiger partial charge in [-0.3, -0.25) is 8.78 Å². The monoisotopic (exact) mass is 805 g/mol. The molecule has 4 rings (SSSR count). The predicted octanol–water partition coefficient (Wildman–Crippen LogP) is 11.6. The Labute approximate surface area is 316 Å². The minimum absolute atomic E-state index is 0.0335. The molecule has 0 amide bonds. The maximum atomic E-state index is 15.9. The van der Waals surface area contributed by atoms with Crippen molar-refractivity contribution < 1.29 is 71.1 Å². The minimum Gasteiger partial charge on any atom is -0.489 e. The molecule has 302 valence electrons. The van der Waals surface area contributed by atoms with Crippen LogP contribution in [0.2, 0.25) is 0 Å². The number of likely N-dealkylation sites (N-methyl/N-ethyl adjacent to an activating group) is 1. The van der Waals surface area contributed by atoms with Gasteiger partial charge in [0.05, 0.1) is 31.5 Å². The maximum absolute atomic E-state index is 15.9. The SMILES string of the molecule is C=CC[N+](C)(CC=C)C(CCCCCCC)c1c(OB(Oc2cc(F)c(F)c(F)c2)Oc2cc(F)c(F)c(F)c2)cc(F)c(F)c1F.Fc1c[c-]cc(F)c1F. The summed E-state index contributed by atoms with van der Waals surface area (Å²) in [7, 11) is -0.655. The van der Waals surface area contributed by atoms with Crippen LogP contribution < -0.4 is 14.0 Å². The highest BCUT2D eigenvalue weighted by Gasteiger charge is 2.41. The molecule has 0 saturated carbocycles. The van der Waals surface area contributed by atoms with E-state index in [1.807, 2.05) is 6.92 Å². The zero-order chi connectivity index (χ0) is 41.7. The summed E-state index contributed by atoms with van der Waals surface area (Å²) in [6.07, 6.45) is 7.34. The summed E-state index contributed by atoms with van der Waals surface area (Å²) in [6.45, 7) is 9.96. The van der Waals surface area contributed by atoms with E-state index in [-0.39, 0.29) is 24.0 Å². The number of hydrogen-bond donors (Lipinski definition) is 0. The van der Waals surface area contributed by atoms with Crippen LogP contribution in [0.1, 0.15) is 57.1 Å². The summed E-state index contributed by atoms with van der Waals surface area (Å²) in [4.78, 5) is 0. The van der Waals surface area contributed by atoms with E-state index >= 15 is 4.39 Å². The van der Waals surface area contributed by atoms with Crippen LogP contribution in [0.4, 0.5) is 52.7 Å². The van der Waals surface area contributed by atoms with Crippen molar-refractivity contribution in [1.82, 2.24) is 0 Å². The molecule has 1 atom stereocenters. The summed E-state index contributed by atoms with van der Waals surface area (Å²) >= 11 is 0. The zero-order valence-corrected chi connectivity index (χ0v) is 30.1. The minimum atomic E-state index is -2.37. The number of rotatable bonds is 18. The van der Waals surface area contributed by atoms with Crippen LogP contribution in [-0.4, -0.2) is 31.9 Å². The molecule has 4 aromatic carbocycles. The van der Waals surface area contributed by atoms with Crippen LogP contribution in [0.5, 0.6) is 17.2 Å². The first-order chi connectivity index (χ1) is 26.5. The molecule has 0 saturated heterocycles. The third-order valence-corrected chi connectivity index (χ3v) is 8.36. The molecule has 0 aliphatic heterocycles. The van der Waals surface area contributed by atoms with Crippen molar-refractivity contribution in [3.8, 4) is 17.2 Å². The van der Waals surface area contributed by atoms with Gasteiger partial charge in [-0.25, -0.2) is 43.9 Å². The van der Waals surface area contributed by atoms with Crippen LogP contribution in [-0.2, 0) is 0 Å². The molecule has 0 heterocycles. The van der Waals surface area contributed by atoms with E-state index < -0.39 is 106 Å². The molecule has 0 aliphatic carbocycles. The number of hydrogen-bond acceptors (Lipinski definition) is 3. The van der Waals surface area contributed by atoms with Crippen LogP contribution in [0.3, 0.4) is 0 Å². The van der Waals surface area contributed by atoms with Gasteiger partial charge in [0, 0.05) is 48.4 Å². The van der Waals surface area contributed by atoms with Crippen LogP contribution in [0.25, 0.3) is 0 Å². The maximum Gasteiger partial charge on any atom is 0.864 e. The smallest absolute Gasteiger partial charge is 0.489 e.